The summed E-state index contributed by atoms with van der Waals surface area (Å²) in [4.78, 5) is 11.0. The van der Waals surface area contributed by atoms with Crippen LogP contribution in [-0.4, -0.2) is 27.0 Å². The number of carboxylic acid groups (broad SMARTS) is 1. The van der Waals surface area contributed by atoms with Crippen LogP contribution in [0.4, 0.5) is 4.39 Å². The number of aryl methyl sites for hydroxylation is 1. The van der Waals surface area contributed by atoms with Crippen molar-refractivity contribution in [3.63, 3.8) is 0 Å². The van der Waals surface area contributed by atoms with Crippen molar-refractivity contribution < 1.29 is 14.3 Å². The van der Waals surface area contributed by atoms with E-state index in [-0.39, 0.29) is 12.0 Å². The molecular formula is C16H13Cl2FN2O2. The number of aromatic nitrogens is 2. The standard InChI is InChI=1S/C16H13Cl2FN2O2/c17-11-3-1-10(13(18)5-11)8-21-16-9(7-20-21)2-4-14(19)12(16)6-15(22)23/h1,3,5-7,14H,2,4,8H2,(H,22,23)/b12-6-. The number of nitrogens with zero attached hydrogens (tertiary/aromatic N) is 2. The van der Waals surface area contributed by atoms with Gasteiger partial charge in [-0.1, -0.05) is 29.3 Å². The van der Waals surface area contributed by atoms with Crippen molar-refractivity contribution >= 4 is 34.7 Å². The molecule has 1 unspecified atom stereocenters. The number of rotatable bonds is 3. The highest BCUT2D eigenvalue weighted by Gasteiger charge is 2.28. The third-order valence-electron chi connectivity index (χ3n) is 3.81. The molecule has 1 heterocycles. The number of hydrogen-bond donors (Lipinski definition) is 1. The number of benzene rings is 1. The number of hydrogen-bond acceptors (Lipinski definition) is 2. The van der Waals surface area contributed by atoms with Crippen molar-refractivity contribution in [2.24, 2.45) is 0 Å². The molecule has 4 nitrogen and oxygen atoms in total. The summed E-state index contributed by atoms with van der Waals surface area (Å²) in [5.41, 5.74) is 2.30. The van der Waals surface area contributed by atoms with Gasteiger partial charge in [-0.25, -0.2) is 9.18 Å². The van der Waals surface area contributed by atoms with Gasteiger partial charge in [0.1, 0.15) is 6.17 Å². The number of carboxylic acids is 1. The molecule has 120 valence electrons. The van der Waals surface area contributed by atoms with E-state index in [0.29, 0.717) is 28.7 Å². The molecule has 2 aromatic rings. The van der Waals surface area contributed by atoms with Crippen molar-refractivity contribution in [3.05, 3.63) is 57.3 Å². The molecule has 1 aliphatic rings. The van der Waals surface area contributed by atoms with Gasteiger partial charge in [-0.15, -0.1) is 0 Å². The summed E-state index contributed by atoms with van der Waals surface area (Å²) in [5.74, 6) is -1.17. The summed E-state index contributed by atoms with van der Waals surface area (Å²) in [6.45, 7) is 0.314. The lowest BCUT2D eigenvalue weighted by atomic mass is 9.91. The highest BCUT2D eigenvalue weighted by molar-refractivity contribution is 6.35. The smallest absolute Gasteiger partial charge is 0.328 e. The van der Waals surface area contributed by atoms with E-state index in [4.69, 9.17) is 28.3 Å². The lowest BCUT2D eigenvalue weighted by molar-refractivity contribution is -0.131. The van der Waals surface area contributed by atoms with E-state index in [2.05, 4.69) is 5.10 Å². The highest BCUT2D eigenvalue weighted by atomic mass is 35.5. The number of halogens is 3. The van der Waals surface area contributed by atoms with Gasteiger partial charge in [0.05, 0.1) is 18.4 Å². The lowest BCUT2D eigenvalue weighted by Gasteiger charge is -2.21. The van der Waals surface area contributed by atoms with Crippen LogP contribution in [0.2, 0.25) is 10.0 Å². The van der Waals surface area contributed by atoms with Crippen molar-refractivity contribution in [1.29, 1.82) is 0 Å². The van der Waals surface area contributed by atoms with E-state index < -0.39 is 12.1 Å². The molecule has 0 radical (unpaired) electrons. The van der Waals surface area contributed by atoms with Crippen molar-refractivity contribution in [2.75, 3.05) is 0 Å². The average molecular weight is 355 g/mol. The Labute approximate surface area is 142 Å². The third-order valence-corrected chi connectivity index (χ3v) is 4.39. The van der Waals surface area contributed by atoms with E-state index in [0.717, 1.165) is 17.2 Å². The number of aliphatic carboxylic acids is 1. The van der Waals surface area contributed by atoms with Crippen LogP contribution in [0, 0.1) is 0 Å². The Bertz CT molecular complexity index is 801. The van der Waals surface area contributed by atoms with E-state index in [1.165, 1.54) is 0 Å². The van der Waals surface area contributed by atoms with Crippen molar-refractivity contribution in [3.8, 4) is 0 Å². The zero-order chi connectivity index (χ0) is 16.6. The van der Waals surface area contributed by atoms with E-state index in [1.807, 2.05) is 0 Å². The van der Waals surface area contributed by atoms with Gasteiger partial charge in [0, 0.05) is 21.7 Å². The van der Waals surface area contributed by atoms with E-state index in [1.54, 1.807) is 29.1 Å². The summed E-state index contributed by atoms with van der Waals surface area (Å²) < 4.78 is 15.8. The Morgan fingerprint density at radius 1 is 1.48 bits per heavy atom. The number of alkyl halides is 1. The fourth-order valence-electron chi connectivity index (χ4n) is 2.75. The largest absolute Gasteiger partial charge is 0.478 e. The molecule has 3 rings (SSSR count). The first-order valence-electron chi connectivity index (χ1n) is 7.03. The van der Waals surface area contributed by atoms with Crippen molar-refractivity contribution in [1.82, 2.24) is 9.78 Å². The molecule has 0 saturated carbocycles. The minimum atomic E-state index is -1.31. The SMILES string of the molecule is O=C(O)/C=C1\c2c(cnn2Cc2ccc(Cl)cc2Cl)CCC1F. The van der Waals surface area contributed by atoms with Crippen LogP contribution < -0.4 is 0 Å². The van der Waals surface area contributed by atoms with Gasteiger partial charge in [0.15, 0.2) is 0 Å². The first-order valence-corrected chi connectivity index (χ1v) is 7.79. The van der Waals surface area contributed by atoms with Gasteiger partial charge in [-0.3, -0.25) is 4.68 Å². The summed E-state index contributed by atoms with van der Waals surface area (Å²) in [6.07, 6.45) is 2.06. The lowest BCUT2D eigenvalue weighted by Crippen LogP contribution is -2.18. The maximum Gasteiger partial charge on any atom is 0.328 e. The number of allylic oxidation sites excluding steroid dienone is 1. The van der Waals surface area contributed by atoms with Crippen LogP contribution in [0.3, 0.4) is 0 Å². The summed E-state index contributed by atoms with van der Waals surface area (Å²) >= 11 is 12.1. The molecule has 1 aromatic carbocycles. The minimum absolute atomic E-state index is 0.154. The summed E-state index contributed by atoms with van der Waals surface area (Å²) in [5, 5.41) is 14.3. The minimum Gasteiger partial charge on any atom is -0.478 e. The normalized spacial score (nSPS) is 18.9. The molecule has 0 spiro atoms. The summed E-state index contributed by atoms with van der Waals surface area (Å²) in [7, 11) is 0. The Morgan fingerprint density at radius 3 is 2.96 bits per heavy atom. The van der Waals surface area contributed by atoms with Crippen LogP contribution in [0.1, 0.15) is 23.2 Å². The van der Waals surface area contributed by atoms with E-state index in [9.17, 15) is 9.18 Å². The van der Waals surface area contributed by atoms with Gasteiger partial charge in [-0.2, -0.15) is 5.10 Å². The third kappa shape index (κ3) is 3.26. The van der Waals surface area contributed by atoms with E-state index >= 15 is 0 Å². The Balaban J connectivity index is 2.03. The molecule has 0 bridgehead atoms. The van der Waals surface area contributed by atoms with Gasteiger partial charge in [-0.05, 0) is 36.1 Å². The molecule has 23 heavy (non-hydrogen) atoms. The molecular weight excluding hydrogens is 342 g/mol. The van der Waals surface area contributed by atoms with Crippen LogP contribution in [-0.2, 0) is 17.8 Å². The number of fused-ring (bicyclic) bond motifs is 1. The first kappa shape index (κ1) is 16.0. The Kier molecular flexibility index (Phi) is 4.41. The molecule has 0 amide bonds. The molecule has 1 aromatic heterocycles. The second kappa shape index (κ2) is 6.34. The van der Waals surface area contributed by atoms with Gasteiger partial charge >= 0.3 is 5.97 Å². The predicted molar refractivity (Wildman–Crippen MR) is 86.6 cm³/mol. The van der Waals surface area contributed by atoms with Gasteiger partial charge in [0.2, 0.25) is 0 Å². The maximum absolute atomic E-state index is 14.2. The molecule has 7 heteroatoms. The first-order chi connectivity index (χ1) is 11.0. The fraction of sp³-hybridized carbons (Fsp3) is 0.250. The molecule has 1 N–H and O–H groups in total. The number of carbonyl (C=O) groups is 1. The average Bonchev–Trinajstić information content (AvgIpc) is 2.88. The zero-order valence-corrected chi connectivity index (χ0v) is 13.5. The molecule has 1 atom stereocenters. The molecule has 0 saturated heterocycles. The van der Waals surface area contributed by atoms with Crippen LogP contribution in [0.25, 0.3) is 5.57 Å². The van der Waals surface area contributed by atoms with Crippen LogP contribution in [0.15, 0.2) is 30.5 Å². The highest BCUT2D eigenvalue weighted by Crippen LogP contribution is 2.34. The van der Waals surface area contributed by atoms with Crippen molar-refractivity contribution in [2.45, 2.75) is 25.6 Å². The second-order valence-corrected chi connectivity index (χ2v) is 6.20. The predicted octanol–water partition coefficient (Wildman–Crippen LogP) is 3.99. The summed E-state index contributed by atoms with van der Waals surface area (Å²) in [6, 6.07) is 5.11. The molecule has 0 fully saturated rings. The molecule has 1 aliphatic carbocycles. The van der Waals surface area contributed by atoms with Gasteiger partial charge < -0.3 is 5.11 Å². The zero-order valence-electron chi connectivity index (χ0n) is 12.0. The maximum atomic E-state index is 14.2. The van der Waals surface area contributed by atoms with Crippen LogP contribution >= 0.6 is 23.2 Å². The quantitative estimate of drug-likeness (QED) is 0.847. The second-order valence-electron chi connectivity index (χ2n) is 5.36. The van der Waals surface area contributed by atoms with Gasteiger partial charge in [0.25, 0.3) is 0 Å². The van der Waals surface area contributed by atoms with Crippen LogP contribution in [0.5, 0.6) is 0 Å². The Morgan fingerprint density at radius 2 is 2.26 bits per heavy atom. The molecule has 0 aliphatic heterocycles. The monoisotopic (exact) mass is 354 g/mol. The topological polar surface area (TPSA) is 55.1 Å². The fourth-order valence-corrected chi connectivity index (χ4v) is 3.22. The Hall–Kier alpha value is -1.85.